The van der Waals surface area contributed by atoms with E-state index in [0.717, 1.165) is 37.3 Å². The van der Waals surface area contributed by atoms with Gasteiger partial charge in [0.2, 0.25) is 10.0 Å². The Kier molecular flexibility index (Phi) is 6.20. The molecule has 2 aliphatic heterocycles. The van der Waals surface area contributed by atoms with E-state index in [1.807, 2.05) is 24.3 Å². The molecule has 1 amide bonds. The quantitative estimate of drug-likeness (QED) is 0.771. The third-order valence-corrected chi connectivity index (χ3v) is 8.02. The highest BCUT2D eigenvalue weighted by molar-refractivity contribution is 7.92. The van der Waals surface area contributed by atoms with E-state index >= 15 is 0 Å². The molecule has 0 radical (unpaired) electrons. The number of likely N-dealkylation sites (N-methyl/N-ethyl adjacent to an activating group) is 1. The van der Waals surface area contributed by atoms with Crippen LogP contribution in [-0.4, -0.2) is 64.7 Å². The van der Waals surface area contributed by atoms with Crippen molar-refractivity contribution in [3.63, 3.8) is 0 Å². The molecule has 1 N–H and O–H groups in total. The fourth-order valence-corrected chi connectivity index (χ4v) is 5.85. The largest absolute Gasteiger partial charge is 0.370 e. The molecule has 8 heteroatoms. The summed E-state index contributed by atoms with van der Waals surface area (Å²) in [6, 6.07) is 15.3. The second-order valence-electron chi connectivity index (χ2n) is 8.50. The van der Waals surface area contributed by atoms with Crippen molar-refractivity contribution in [3.05, 3.63) is 54.1 Å². The smallest absolute Gasteiger partial charge is 0.255 e. The van der Waals surface area contributed by atoms with Crippen LogP contribution in [0.2, 0.25) is 0 Å². The van der Waals surface area contributed by atoms with Crippen molar-refractivity contribution < 1.29 is 13.2 Å². The van der Waals surface area contributed by atoms with Crippen LogP contribution >= 0.6 is 0 Å². The number of hydrogen-bond acceptors (Lipinski definition) is 5. The topological polar surface area (TPSA) is 73.0 Å². The molecule has 2 aromatic carbocycles. The van der Waals surface area contributed by atoms with Crippen molar-refractivity contribution in [1.29, 1.82) is 0 Å². The van der Waals surface area contributed by atoms with Crippen molar-refractivity contribution in [3.8, 4) is 0 Å². The zero-order chi connectivity index (χ0) is 22.0. The molecule has 2 aliphatic rings. The van der Waals surface area contributed by atoms with Crippen molar-refractivity contribution >= 4 is 33.0 Å². The van der Waals surface area contributed by atoms with Gasteiger partial charge in [-0.05, 0) is 81.9 Å². The number of nitrogens with one attached hydrogen (secondary N) is 1. The van der Waals surface area contributed by atoms with E-state index in [9.17, 15) is 13.2 Å². The second kappa shape index (κ2) is 8.88. The average Bonchev–Trinajstić information content (AvgIpc) is 3.25. The average molecular weight is 443 g/mol. The number of carbonyl (C=O) groups excluding carboxylic acids is 1. The summed E-state index contributed by atoms with van der Waals surface area (Å²) in [6.45, 7) is 2.54. The van der Waals surface area contributed by atoms with Gasteiger partial charge in [-0.3, -0.25) is 9.10 Å². The maximum absolute atomic E-state index is 12.6. The normalized spacial score (nSPS) is 20.8. The lowest BCUT2D eigenvalue weighted by molar-refractivity contribution is 0.102. The van der Waals surface area contributed by atoms with Gasteiger partial charge in [-0.1, -0.05) is 0 Å². The Morgan fingerprint density at radius 2 is 1.65 bits per heavy atom. The van der Waals surface area contributed by atoms with Gasteiger partial charge in [-0.15, -0.1) is 0 Å². The van der Waals surface area contributed by atoms with Gasteiger partial charge in [0.25, 0.3) is 5.91 Å². The van der Waals surface area contributed by atoms with Crippen molar-refractivity contribution in [2.45, 2.75) is 25.3 Å². The van der Waals surface area contributed by atoms with Gasteiger partial charge in [-0.25, -0.2) is 8.42 Å². The highest BCUT2D eigenvalue weighted by Crippen LogP contribution is 2.25. The van der Waals surface area contributed by atoms with Gasteiger partial charge < -0.3 is 15.1 Å². The van der Waals surface area contributed by atoms with Gasteiger partial charge in [0.1, 0.15) is 0 Å². The Bertz CT molecular complexity index is 1020. The van der Waals surface area contributed by atoms with E-state index < -0.39 is 10.0 Å². The Labute approximate surface area is 184 Å². The molecule has 31 heavy (non-hydrogen) atoms. The molecule has 2 heterocycles. The molecule has 0 aliphatic carbocycles. The van der Waals surface area contributed by atoms with Crippen molar-refractivity contribution in [2.24, 2.45) is 0 Å². The number of anilines is 3. The van der Waals surface area contributed by atoms with Crippen LogP contribution in [-0.2, 0) is 10.0 Å². The van der Waals surface area contributed by atoms with Gasteiger partial charge >= 0.3 is 0 Å². The molecular formula is C23H30N4O3S. The third-order valence-electron chi connectivity index (χ3n) is 6.15. The summed E-state index contributed by atoms with van der Waals surface area (Å²) in [7, 11) is 0.980. The first-order valence-electron chi connectivity index (χ1n) is 10.8. The highest BCUT2D eigenvalue weighted by Gasteiger charge is 2.26. The van der Waals surface area contributed by atoms with Gasteiger partial charge in [-0.2, -0.15) is 0 Å². The summed E-state index contributed by atoms with van der Waals surface area (Å²) >= 11 is 0. The lowest BCUT2D eigenvalue weighted by Gasteiger charge is -2.28. The summed E-state index contributed by atoms with van der Waals surface area (Å²) in [4.78, 5) is 17.3. The fourth-order valence-electron chi connectivity index (χ4n) is 4.21. The first-order chi connectivity index (χ1) is 14.8. The minimum atomic E-state index is -3.25. The predicted octanol–water partition coefficient (Wildman–Crippen LogP) is 3.01. The van der Waals surface area contributed by atoms with Gasteiger partial charge in [0.05, 0.1) is 11.4 Å². The molecule has 0 bridgehead atoms. The van der Waals surface area contributed by atoms with E-state index in [1.165, 1.54) is 4.31 Å². The maximum atomic E-state index is 12.6. The monoisotopic (exact) mass is 442 g/mol. The Morgan fingerprint density at radius 3 is 2.26 bits per heavy atom. The molecule has 2 saturated heterocycles. The first-order valence-corrected chi connectivity index (χ1v) is 12.4. The molecule has 1 unspecified atom stereocenters. The van der Waals surface area contributed by atoms with Gasteiger partial charge in [0.15, 0.2) is 0 Å². The maximum Gasteiger partial charge on any atom is 0.255 e. The van der Waals surface area contributed by atoms with Crippen molar-refractivity contribution in [1.82, 2.24) is 4.90 Å². The van der Waals surface area contributed by atoms with Crippen molar-refractivity contribution in [2.75, 3.05) is 54.0 Å². The van der Waals surface area contributed by atoms with E-state index in [4.69, 9.17) is 0 Å². The summed E-state index contributed by atoms with van der Waals surface area (Å²) in [5.74, 6) is -0.0343. The van der Waals surface area contributed by atoms with Crippen LogP contribution in [0, 0.1) is 0 Å². The molecule has 2 aromatic rings. The molecule has 0 aromatic heterocycles. The zero-order valence-corrected chi connectivity index (χ0v) is 18.9. The van der Waals surface area contributed by atoms with Crippen LogP contribution in [0.1, 0.15) is 29.6 Å². The molecule has 1 atom stereocenters. The van der Waals surface area contributed by atoms with E-state index in [1.54, 1.807) is 24.3 Å². The molecule has 166 valence electrons. The number of benzene rings is 2. The standard InChI is InChI=1S/C23H30N4O3S/c1-25(2)22-13-15-26(17-22)20-11-7-19(8-12-20)24-23(28)18-5-9-21(10-6-18)27-14-3-4-16-31(27,29)30/h5-12,22H,3-4,13-17H2,1-2H3,(H,24,28). The number of amides is 1. The summed E-state index contributed by atoms with van der Waals surface area (Å²) in [5.41, 5.74) is 3.01. The first kappa shape index (κ1) is 21.6. The molecule has 4 rings (SSSR count). The zero-order valence-electron chi connectivity index (χ0n) is 18.1. The van der Waals surface area contributed by atoms with E-state index in [-0.39, 0.29) is 11.7 Å². The lowest BCUT2D eigenvalue weighted by atomic mass is 10.1. The Hall–Kier alpha value is -2.58. The minimum Gasteiger partial charge on any atom is -0.370 e. The number of nitrogens with zero attached hydrogens (tertiary/aromatic N) is 3. The number of rotatable bonds is 5. The SMILES string of the molecule is CN(C)C1CCN(c2ccc(NC(=O)c3ccc(N4CCCCS4(=O)=O)cc3)cc2)C1. The second-order valence-corrected chi connectivity index (χ2v) is 10.5. The predicted molar refractivity (Wildman–Crippen MR) is 126 cm³/mol. The van der Waals surface area contributed by atoms with Crippen LogP contribution in [0.5, 0.6) is 0 Å². The number of hydrogen-bond donors (Lipinski definition) is 1. The Morgan fingerprint density at radius 1 is 0.968 bits per heavy atom. The van der Waals surface area contributed by atoms with E-state index in [0.29, 0.717) is 30.3 Å². The number of carbonyl (C=O) groups is 1. The van der Waals surface area contributed by atoms with Crippen LogP contribution in [0.15, 0.2) is 48.5 Å². The summed E-state index contributed by atoms with van der Waals surface area (Å²) in [6.07, 6.45) is 2.71. The lowest BCUT2D eigenvalue weighted by Crippen LogP contribution is -2.37. The van der Waals surface area contributed by atoms with Crippen LogP contribution in [0.4, 0.5) is 17.1 Å². The summed E-state index contributed by atoms with van der Waals surface area (Å²) < 4.78 is 26.0. The van der Waals surface area contributed by atoms with Gasteiger partial charge in [0, 0.05) is 42.6 Å². The highest BCUT2D eigenvalue weighted by atomic mass is 32.2. The number of sulfonamides is 1. The summed E-state index contributed by atoms with van der Waals surface area (Å²) in [5, 5.41) is 2.92. The minimum absolute atomic E-state index is 0.179. The van der Waals surface area contributed by atoms with Crippen LogP contribution in [0.3, 0.4) is 0 Å². The molecule has 2 fully saturated rings. The molecule has 7 nitrogen and oxygen atoms in total. The fraction of sp³-hybridized carbons (Fsp3) is 0.435. The van der Waals surface area contributed by atoms with Crippen LogP contribution in [0.25, 0.3) is 0 Å². The molecule has 0 saturated carbocycles. The van der Waals surface area contributed by atoms with Crippen LogP contribution < -0.4 is 14.5 Å². The third kappa shape index (κ3) is 4.85. The Balaban J connectivity index is 1.38. The molecular weight excluding hydrogens is 412 g/mol. The molecule has 0 spiro atoms. The van der Waals surface area contributed by atoms with E-state index in [2.05, 4.69) is 29.2 Å².